The Labute approximate surface area is 219 Å². The Kier molecular flexibility index (Phi) is 7.32. The number of nitrogens with zero attached hydrogens (tertiary/aromatic N) is 4. The van der Waals surface area contributed by atoms with Crippen molar-refractivity contribution in [1.29, 1.82) is 0 Å². The number of carbonyl (C=O) groups excluding carboxylic acids is 1. The third kappa shape index (κ3) is 5.50. The minimum atomic E-state index is -0.546. The number of carbonyl (C=O) groups is 1. The molecule has 2 aliphatic heterocycles. The first kappa shape index (κ1) is 25.3. The number of hydrogen-bond donors (Lipinski definition) is 1. The summed E-state index contributed by atoms with van der Waals surface area (Å²) in [5, 5.41) is 15.0. The van der Waals surface area contributed by atoms with Crippen LogP contribution in [0, 0.1) is 16.0 Å². The molecule has 0 radical (unpaired) electrons. The third-order valence-corrected chi connectivity index (χ3v) is 7.03. The predicted octanol–water partition coefficient (Wildman–Crippen LogP) is 3.54. The first-order chi connectivity index (χ1) is 18.4. The zero-order valence-corrected chi connectivity index (χ0v) is 21.1. The molecule has 196 valence electrons. The second-order valence-corrected chi connectivity index (χ2v) is 9.70. The van der Waals surface area contributed by atoms with E-state index in [0.29, 0.717) is 25.0 Å². The van der Waals surface area contributed by atoms with E-state index in [9.17, 15) is 19.7 Å². The van der Waals surface area contributed by atoms with Gasteiger partial charge in [0.15, 0.2) is 0 Å². The molecule has 2 aliphatic rings. The van der Waals surface area contributed by atoms with Gasteiger partial charge >= 0.3 is 0 Å². The zero-order chi connectivity index (χ0) is 26.6. The van der Waals surface area contributed by atoms with Crippen LogP contribution in [-0.2, 0) is 13.1 Å². The highest BCUT2D eigenvalue weighted by atomic mass is 16.6. The van der Waals surface area contributed by atoms with Crippen LogP contribution in [0.3, 0.4) is 0 Å². The number of pyridine rings is 1. The molecule has 2 bridgehead atoms. The van der Waals surface area contributed by atoms with Crippen molar-refractivity contribution in [2.75, 3.05) is 19.7 Å². The molecule has 10 nitrogen and oxygen atoms in total. The summed E-state index contributed by atoms with van der Waals surface area (Å²) >= 11 is 0. The first-order valence-corrected chi connectivity index (χ1v) is 12.7. The van der Waals surface area contributed by atoms with Crippen LogP contribution in [0.1, 0.15) is 46.4 Å². The average Bonchev–Trinajstić information content (AvgIpc) is 2.91. The fraction of sp³-hybridized carbons (Fsp3) is 0.321. The van der Waals surface area contributed by atoms with E-state index in [1.165, 1.54) is 24.3 Å². The molecule has 38 heavy (non-hydrogen) atoms. The van der Waals surface area contributed by atoms with Crippen LogP contribution in [0.15, 0.2) is 70.6 Å². The maximum atomic E-state index is 12.4. The molecule has 1 fully saturated rings. The molecule has 3 heterocycles. The van der Waals surface area contributed by atoms with E-state index >= 15 is 0 Å². The molecule has 1 amide bonds. The smallest absolute Gasteiger partial charge is 0.271 e. The van der Waals surface area contributed by atoms with Gasteiger partial charge in [-0.25, -0.2) is 5.43 Å². The quantitative estimate of drug-likeness (QED) is 0.278. The van der Waals surface area contributed by atoms with Gasteiger partial charge in [-0.1, -0.05) is 12.1 Å². The summed E-state index contributed by atoms with van der Waals surface area (Å²) in [5.41, 5.74) is 5.43. The molecule has 2 unspecified atom stereocenters. The number of nitro benzene ring substituents is 1. The lowest BCUT2D eigenvalue weighted by Gasteiger charge is -2.43. The van der Waals surface area contributed by atoms with Crippen LogP contribution in [0.2, 0.25) is 0 Å². The Morgan fingerprint density at radius 2 is 2.00 bits per heavy atom. The van der Waals surface area contributed by atoms with Crippen molar-refractivity contribution >= 4 is 17.8 Å². The molecule has 1 aromatic heterocycles. The van der Waals surface area contributed by atoms with Crippen molar-refractivity contribution in [1.82, 2.24) is 14.9 Å². The number of hydrogen-bond acceptors (Lipinski definition) is 7. The van der Waals surface area contributed by atoms with Gasteiger partial charge in [0.05, 0.1) is 17.7 Å². The van der Waals surface area contributed by atoms with Crippen LogP contribution >= 0.6 is 0 Å². The van der Waals surface area contributed by atoms with Crippen LogP contribution in [-0.4, -0.2) is 46.2 Å². The summed E-state index contributed by atoms with van der Waals surface area (Å²) in [6, 6.07) is 16.8. The lowest BCUT2D eigenvalue weighted by Crippen LogP contribution is -2.46. The molecular weight excluding hydrogens is 486 g/mol. The van der Waals surface area contributed by atoms with Gasteiger partial charge < -0.3 is 9.30 Å². The number of rotatable bonds is 8. The van der Waals surface area contributed by atoms with Gasteiger partial charge in [0, 0.05) is 67.1 Å². The fourth-order valence-corrected chi connectivity index (χ4v) is 5.46. The zero-order valence-electron chi connectivity index (χ0n) is 21.1. The number of non-ortho nitro benzene ring substituents is 1. The Balaban J connectivity index is 1.29. The Morgan fingerprint density at radius 1 is 1.16 bits per heavy atom. The van der Waals surface area contributed by atoms with E-state index in [0.717, 1.165) is 48.6 Å². The topological polar surface area (TPSA) is 119 Å². The molecular formula is C28H29N5O5. The van der Waals surface area contributed by atoms with E-state index in [1.807, 2.05) is 35.8 Å². The number of benzene rings is 2. The van der Waals surface area contributed by atoms with Gasteiger partial charge in [0.1, 0.15) is 5.75 Å². The lowest BCUT2D eigenvalue weighted by atomic mass is 9.83. The van der Waals surface area contributed by atoms with E-state index < -0.39 is 10.8 Å². The second-order valence-electron chi connectivity index (χ2n) is 9.70. The van der Waals surface area contributed by atoms with Crippen molar-refractivity contribution in [3.05, 3.63) is 104 Å². The van der Waals surface area contributed by atoms with Crippen molar-refractivity contribution in [2.24, 2.45) is 11.0 Å². The summed E-state index contributed by atoms with van der Waals surface area (Å²) in [7, 11) is 0. The van der Waals surface area contributed by atoms with Crippen molar-refractivity contribution in [2.45, 2.75) is 32.4 Å². The number of hydrazone groups is 1. The van der Waals surface area contributed by atoms with Gasteiger partial charge in [-0.15, -0.1) is 0 Å². The molecule has 1 N–H and O–H groups in total. The molecule has 10 heteroatoms. The highest BCUT2D eigenvalue weighted by Crippen LogP contribution is 2.36. The summed E-state index contributed by atoms with van der Waals surface area (Å²) in [6.07, 6.45) is 2.64. The largest absolute Gasteiger partial charge is 0.494 e. The number of nitrogens with one attached hydrogen (secondary N) is 1. The van der Waals surface area contributed by atoms with E-state index in [1.54, 1.807) is 12.3 Å². The summed E-state index contributed by atoms with van der Waals surface area (Å²) < 4.78 is 7.82. The maximum Gasteiger partial charge on any atom is 0.271 e. The van der Waals surface area contributed by atoms with Crippen molar-refractivity contribution in [3.8, 4) is 5.75 Å². The van der Waals surface area contributed by atoms with Gasteiger partial charge in [0.25, 0.3) is 17.2 Å². The van der Waals surface area contributed by atoms with E-state index in [4.69, 9.17) is 4.74 Å². The third-order valence-electron chi connectivity index (χ3n) is 7.03. The van der Waals surface area contributed by atoms with Crippen molar-refractivity contribution < 1.29 is 14.5 Å². The monoisotopic (exact) mass is 515 g/mol. The first-order valence-electron chi connectivity index (χ1n) is 12.7. The number of aromatic nitrogens is 1. The molecule has 0 aliphatic carbocycles. The number of nitro groups is 1. The van der Waals surface area contributed by atoms with Crippen molar-refractivity contribution in [3.63, 3.8) is 0 Å². The van der Waals surface area contributed by atoms with Crippen LogP contribution in [0.5, 0.6) is 5.75 Å². The van der Waals surface area contributed by atoms with Crippen LogP contribution in [0.25, 0.3) is 0 Å². The summed E-state index contributed by atoms with van der Waals surface area (Å²) in [4.78, 5) is 37.6. The Hall–Kier alpha value is -4.31. The van der Waals surface area contributed by atoms with E-state index in [2.05, 4.69) is 21.5 Å². The number of fused-ring (bicyclic) bond motifs is 4. The van der Waals surface area contributed by atoms with Gasteiger partial charge in [-0.3, -0.25) is 24.6 Å². The van der Waals surface area contributed by atoms with Gasteiger partial charge in [-0.05, 0) is 55.2 Å². The number of likely N-dealkylation sites (tertiary alicyclic amines) is 1. The SMILES string of the molecule is CCOc1ccc(/C=N/NC(=O)c2cccc([N+](=O)[O-])c2)cc1CN1CC2CC(C1)c1cccc(=O)n1C2. The molecule has 3 aromatic rings. The molecule has 1 saturated heterocycles. The number of amides is 1. The molecule has 2 atom stereocenters. The maximum absolute atomic E-state index is 12.4. The van der Waals surface area contributed by atoms with Gasteiger partial charge in [0.2, 0.25) is 0 Å². The highest BCUT2D eigenvalue weighted by Gasteiger charge is 2.34. The minimum Gasteiger partial charge on any atom is -0.494 e. The summed E-state index contributed by atoms with van der Waals surface area (Å²) in [6.45, 7) is 5.70. The standard InChI is InChI=1S/C28H29N5O5/c1-2-38-26-10-9-19(14-29-30-28(35)21-5-3-6-24(13-21)33(36)37)11-23(26)18-31-15-20-12-22(17-31)25-7-4-8-27(34)32(25)16-20/h3-11,13-14,20,22H,2,12,15-18H2,1H3,(H,30,35)/b29-14+. The average molecular weight is 516 g/mol. The number of ether oxygens (including phenoxy) is 1. The molecule has 5 rings (SSSR count). The van der Waals surface area contributed by atoms with Crippen LogP contribution in [0.4, 0.5) is 5.69 Å². The molecule has 0 spiro atoms. The van der Waals surface area contributed by atoms with Crippen LogP contribution < -0.4 is 15.7 Å². The Morgan fingerprint density at radius 3 is 2.82 bits per heavy atom. The lowest BCUT2D eigenvalue weighted by molar-refractivity contribution is -0.384. The fourth-order valence-electron chi connectivity index (χ4n) is 5.46. The predicted molar refractivity (Wildman–Crippen MR) is 143 cm³/mol. The Bertz CT molecular complexity index is 1450. The summed E-state index contributed by atoms with van der Waals surface area (Å²) in [5.74, 6) is 1.01. The normalized spacial score (nSPS) is 18.7. The van der Waals surface area contributed by atoms with E-state index in [-0.39, 0.29) is 16.8 Å². The minimum absolute atomic E-state index is 0.0776. The van der Waals surface area contributed by atoms with Gasteiger partial charge in [-0.2, -0.15) is 5.10 Å². The molecule has 2 aromatic carbocycles. The number of piperidine rings is 1. The second kappa shape index (κ2) is 11.0. The highest BCUT2D eigenvalue weighted by molar-refractivity contribution is 5.95. The molecule has 0 saturated carbocycles.